The van der Waals surface area contributed by atoms with E-state index in [0.29, 0.717) is 18.4 Å². The summed E-state index contributed by atoms with van der Waals surface area (Å²) in [5.41, 5.74) is 1.08. The molecular weight excluding hydrogens is 344 g/mol. The molecule has 2 bridgehead atoms. The molecule has 2 aliphatic rings. The Morgan fingerprint density at radius 1 is 1.41 bits per heavy atom. The van der Waals surface area contributed by atoms with Gasteiger partial charge in [0.25, 0.3) is 0 Å². The number of carbonyl (C=O) groups is 1. The quantitative estimate of drug-likeness (QED) is 0.435. The molecule has 1 fully saturated rings. The fraction of sp³-hybridized carbons (Fsp3) is 0.773. The van der Waals surface area contributed by atoms with E-state index in [2.05, 4.69) is 13.0 Å². The summed E-state index contributed by atoms with van der Waals surface area (Å²) >= 11 is 0. The lowest BCUT2D eigenvalue weighted by Gasteiger charge is -2.49. The van der Waals surface area contributed by atoms with Crippen molar-refractivity contribution in [1.29, 1.82) is 0 Å². The molecule has 0 aromatic heterocycles. The molecule has 0 aromatic rings. The maximum atomic E-state index is 12.3. The van der Waals surface area contributed by atoms with Crippen LogP contribution in [-0.2, 0) is 14.3 Å². The number of carbonyl (C=O) groups excluding carboxylic acids is 1. The summed E-state index contributed by atoms with van der Waals surface area (Å²) in [5, 5.41) is 22.0. The third kappa shape index (κ3) is 5.01. The van der Waals surface area contributed by atoms with Gasteiger partial charge in [0, 0.05) is 11.5 Å². The summed E-state index contributed by atoms with van der Waals surface area (Å²) in [4.78, 5) is 12.3. The van der Waals surface area contributed by atoms with Gasteiger partial charge in [-0.25, -0.2) is 4.79 Å². The Balaban J connectivity index is 2.39. The van der Waals surface area contributed by atoms with Gasteiger partial charge in [0.05, 0.1) is 31.0 Å². The van der Waals surface area contributed by atoms with E-state index in [4.69, 9.17) is 9.47 Å². The van der Waals surface area contributed by atoms with Crippen molar-refractivity contribution >= 4 is 5.97 Å². The van der Waals surface area contributed by atoms with Crippen LogP contribution >= 0.6 is 0 Å². The van der Waals surface area contributed by atoms with Gasteiger partial charge in [-0.3, -0.25) is 0 Å². The molecule has 154 valence electrons. The monoisotopic (exact) mass is 380 g/mol. The largest absolute Gasteiger partial charge is 0.466 e. The first kappa shape index (κ1) is 22.1. The first-order valence-electron chi connectivity index (χ1n) is 10.2. The van der Waals surface area contributed by atoms with Crippen LogP contribution in [0.25, 0.3) is 0 Å². The summed E-state index contributed by atoms with van der Waals surface area (Å²) in [7, 11) is 1.35. The number of methoxy groups -OCH3 is 1. The molecule has 2 aliphatic heterocycles. The number of ether oxygens (including phenoxy) is 2. The summed E-state index contributed by atoms with van der Waals surface area (Å²) in [6.07, 6.45) is 6.81. The van der Waals surface area contributed by atoms with Crippen molar-refractivity contribution in [3.63, 3.8) is 0 Å². The van der Waals surface area contributed by atoms with Crippen LogP contribution in [0.5, 0.6) is 0 Å². The van der Waals surface area contributed by atoms with Crippen molar-refractivity contribution in [2.24, 2.45) is 11.8 Å². The molecule has 2 heterocycles. The third-order valence-electron chi connectivity index (χ3n) is 6.40. The second kappa shape index (κ2) is 9.35. The smallest absolute Gasteiger partial charge is 0.333 e. The van der Waals surface area contributed by atoms with E-state index in [9.17, 15) is 15.0 Å². The van der Waals surface area contributed by atoms with Crippen LogP contribution in [0.4, 0.5) is 0 Å². The summed E-state index contributed by atoms with van der Waals surface area (Å²) in [6, 6.07) is 0. The van der Waals surface area contributed by atoms with Gasteiger partial charge in [0.1, 0.15) is 0 Å². The number of aliphatic hydroxyl groups is 2. The highest BCUT2D eigenvalue weighted by Gasteiger charge is 2.49. The lowest BCUT2D eigenvalue weighted by Crippen LogP contribution is -2.57. The van der Waals surface area contributed by atoms with Crippen molar-refractivity contribution in [1.82, 2.24) is 0 Å². The van der Waals surface area contributed by atoms with Crippen LogP contribution in [0.1, 0.15) is 66.2 Å². The molecule has 5 nitrogen and oxygen atoms in total. The molecular formula is C22H36O5. The van der Waals surface area contributed by atoms with Gasteiger partial charge >= 0.3 is 5.97 Å². The van der Waals surface area contributed by atoms with E-state index in [0.717, 1.165) is 25.7 Å². The van der Waals surface area contributed by atoms with Gasteiger partial charge in [-0.05, 0) is 65.2 Å². The normalized spacial score (nSPS) is 40.9. The molecule has 2 rings (SSSR count). The first-order chi connectivity index (χ1) is 12.7. The van der Waals surface area contributed by atoms with E-state index in [1.807, 2.05) is 13.8 Å². The molecule has 5 heteroatoms. The van der Waals surface area contributed by atoms with Gasteiger partial charge in [0.15, 0.2) is 0 Å². The highest BCUT2D eigenvalue weighted by Crippen LogP contribution is 2.42. The molecule has 0 spiro atoms. The minimum absolute atomic E-state index is 0.0416. The number of aliphatic hydroxyl groups excluding tert-OH is 2. The molecule has 27 heavy (non-hydrogen) atoms. The zero-order chi connectivity index (χ0) is 20.2. The number of hydrogen-bond acceptors (Lipinski definition) is 5. The minimum atomic E-state index is -0.743. The molecule has 0 saturated carbocycles. The second-order valence-corrected chi connectivity index (χ2v) is 8.44. The lowest BCUT2D eigenvalue weighted by molar-refractivity contribution is -0.229. The van der Waals surface area contributed by atoms with E-state index in [-0.39, 0.29) is 11.8 Å². The molecule has 2 N–H and O–H groups in total. The number of rotatable bonds is 2. The van der Waals surface area contributed by atoms with E-state index in [1.54, 1.807) is 13.0 Å². The van der Waals surface area contributed by atoms with Crippen molar-refractivity contribution in [2.75, 3.05) is 7.11 Å². The average molecular weight is 381 g/mol. The van der Waals surface area contributed by atoms with Crippen molar-refractivity contribution < 1.29 is 24.5 Å². The number of esters is 1. The predicted octanol–water partition coefficient (Wildman–Crippen LogP) is 3.54. The number of fused-ring (bicyclic) bond motifs is 2. The summed E-state index contributed by atoms with van der Waals surface area (Å²) < 4.78 is 11.3. The predicted molar refractivity (Wildman–Crippen MR) is 105 cm³/mol. The van der Waals surface area contributed by atoms with Crippen LogP contribution in [0.2, 0.25) is 0 Å². The molecule has 1 saturated heterocycles. The Labute approximate surface area is 163 Å². The summed E-state index contributed by atoms with van der Waals surface area (Å²) in [6.45, 7) is 7.87. The van der Waals surface area contributed by atoms with E-state index >= 15 is 0 Å². The van der Waals surface area contributed by atoms with Gasteiger partial charge in [0.2, 0.25) is 0 Å². The second-order valence-electron chi connectivity index (χ2n) is 8.44. The van der Waals surface area contributed by atoms with Crippen molar-refractivity contribution in [3.8, 4) is 0 Å². The fourth-order valence-electron chi connectivity index (χ4n) is 4.44. The summed E-state index contributed by atoms with van der Waals surface area (Å²) in [5.74, 6) is -0.769. The molecule has 0 aromatic carbocycles. The zero-order valence-corrected chi connectivity index (χ0v) is 17.4. The maximum Gasteiger partial charge on any atom is 0.333 e. The molecule has 0 unspecified atom stereocenters. The molecule has 0 amide bonds. The van der Waals surface area contributed by atoms with Crippen LogP contribution < -0.4 is 0 Å². The van der Waals surface area contributed by atoms with Crippen molar-refractivity contribution in [3.05, 3.63) is 23.3 Å². The zero-order valence-electron chi connectivity index (χ0n) is 17.4. The van der Waals surface area contributed by atoms with Crippen LogP contribution in [-0.4, -0.2) is 47.2 Å². The lowest BCUT2D eigenvalue weighted by atomic mass is 9.74. The number of hydrogen-bond donors (Lipinski definition) is 2. The van der Waals surface area contributed by atoms with E-state index < -0.39 is 29.9 Å². The fourth-order valence-corrected chi connectivity index (χ4v) is 4.44. The molecule has 6 atom stereocenters. The molecule has 0 aliphatic carbocycles. The van der Waals surface area contributed by atoms with E-state index in [1.165, 1.54) is 12.7 Å². The highest BCUT2D eigenvalue weighted by molar-refractivity contribution is 5.89. The van der Waals surface area contributed by atoms with Gasteiger partial charge in [-0.2, -0.15) is 0 Å². The Hall–Kier alpha value is -1.17. The van der Waals surface area contributed by atoms with Crippen molar-refractivity contribution in [2.45, 2.75) is 90.1 Å². The van der Waals surface area contributed by atoms with Gasteiger partial charge < -0.3 is 19.7 Å². The molecule has 0 radical (unpaired) electrons. The Kier molecular flexibility index (Phi) is 7.66. The topological polar surface area (TPSA) is 76.0 Å². The Bertz CT molecular complexity index is 581. The van der Waals surface area contributed by atoms with Crippen LogP contribution in [0.3, 0.4) is 0 Å². The standard InChI is InChI=1S/C22H36O5/c1-6-16(21(25)26-5)17-13-18(23)22(4)12-8-10-14(2)9-7-11-15(3)19(24)20(17)27-22/h6,10,15,17-20,23-24H,7-9,11-13H2,1-5H3/b14-10+,16-6+/t15-,17-,18+,19-,20+,22-/m0/s1. The van der Waals surface area contributed by atoms with Crippen LogP contribution in [0, 0.1) is 11.8 Å². The minimum Gasteiger partial charge on any atom is -0.466 e. The maximum absolute atomic E-state index is 12.3. The van der Waals surface area contributed by atoms with Gasteiger partial charge in [-0.1, -0.05) is 24.6 Å². The first-order valence-corrected chi connectivity index (χ1v) is 10.2. The third-order valence-corrected chi connectivity index (χ3v) is 6.40. The number of allylic oxidation sites excluding steroid dienone is 3. The van der Waals surface area contributed by atoms with Gasteiger partial charge in [-0.15, -0.1) is 0 Å². The SMILES string of the molecule is C/C=C(/C(=O)OC)[C@@H]1C[C@@H](O)[C@]2(C)CC/C=C(\C)CCC[C@H](C)[C@H](O)[C@@H]1O2. The van der Waals surface area contributed by atoms with Crippen LogP contribution in [0.15, 0.2) is 23.3 Å². The average Bonchev–Trinajstić information content (AvgIpc) is 2.63. The highest BCUT2D eigenvalue weighted by atomic mass is 16.5. The Morgan fingerprint density at radius 3 is 2.74 bits per heavy atom. The Morgan fingerprint density at radius 2 is 2.11 bits per heavy atom.